The van der Waals surface area contributed by atoms with Gasteiger partial charge in [-0.15, -0.1) is 0 Å². The number of hydrogen-bond acceptors (Lipinski definition) is 3. The number of unbranched alkanes of at least 4 members (excludes halogenated alkanes) is 6. The number of allylic oxidation sites excluding steroid dienone is 3. The van der Waals surface area contributed by atoms with Gasteiger partial charge in [-0.2, -0.15) is 0 Å². The van der Waals surface area contributed by atoms with Gasteiger partial charge in [0.05, 0.1) is 23.6 Å². The fraction of sp³-hybridized carbons (Fsp3) is 0.639. The number of aliphatic imine (C=N–C) groups is 1. The molecule has 0 amide bonds. The molecule has 44 heavy (non-hydrogen) atoms. The molecule has 1 aromatic heterocycles. The van der Waals surface area contributed by atoms with Gasteiger partial charge in [-0.3, -0.25) is 13.6 Å². The van der Waals surface area contributed by atoms with Gasteiger partial charge in [-0.1, -0.05) is 89.9 Å². The third kappa shape index (κ3) is 9.80. The highest BCUT2D eigenvalue weighted by molar-refractivity contribution is 6.74. The van der Waals surface area contributed by atoms with Crippen molar-refractivity contribution in [2.75, 3.05) is 13.2 Å². The Morgan fingerprint density at radius 1 is 0.955 bits per heavy atom. The lowest BCUT2D eigenvalue weighted by molar-refractivity contribution is 0.296. The second-order valence-electron chi connectivity index (χ2n) is 13.4. The van der Waals surface area contributed by atoms with Crippen molar-refractivity contribution in [3.63, 3.8) is 0 Å². The van der Waals surface area contributed by atoms with E-state index < -0.39 is 15.7 Å². The van der Waals surface area contributed by atoms with Crippen LogP contribution in [0, 0.1) is 37.5 Å². The largest absolute Gasteiger partial charge is 0.677 e. The van der Waals surface area contributed by atoms with E-state index in [0.717, 1.165) is 57.4 Å². The van der Waals surface area contributed by atoms with Crippen LogP contribution < -0.4 is 0 Å². The molecule has 1 N–H and O–H groups in total. The number of aliphatic hydroxyl groups excluding tert-OH is 1. The van der Waals surface area contributed by atoms with E-state index in [9.17, 15) is 13.7 Å². The van der Waals surface area contributed by atoms with Gasteiger partial charge in [-0.05, 0) is 69.8 Å². The lowest BCUT2D eigenvalue weighted by Crippen LogP contribution is -2.40. The fourth-order valence-electron chi connectivity index (χ4n) is 5.37. The summed E-state index contributed by atoms with van der Waals surface area (Å²) in [6.07, 6.45) is 9.56. The van der Waals surface area contributed by atoms with Crippen molar-refractivity contribution in [3.05, 3.63) is 39.4 Å². The zero-order valence-corrected chi connectivity index (χ0v) is 30.1. The van der Waals surface area contributed by atoms with E-state index in [2.05, 4.69) is 64.5 Å². The smallest absolute Gasteiger partial charge is 0.416 e. The van der Waals surface area contributed by atoms with Crippen LogP contribution in [0.1, 0.15) is 128 Å². The van der Waals surface area contributed by atoms with Crippen LogP contribution in [0.4, 0.5) is 8.63 Å². The van der Waals surface area contributed by atoms with Crippen molar-refractivity contribution in [2.24, 2.45) is 4.99 Å². The minimum Gasteiger partial charge on any atom is -0.416 e. The zero-order valence-electron chi connectivity index (χ0n) is 29.1. The monoisotopic (exact) mass is 624 g/mol. The van der Waals surface area contributed by atoms with Crippen LogP contribution >= 0.6 is 0 Å². The highest BCUT2D eigenvalue weighted by Gasteiger charge is 2.37. The summed E-state index contributed by atoms with van der Waals surface area (Å²) in [5.74, 6) is 12.6. The Morgan fingerprint density at radius 2 is 1.57 bits per heavy atom. The molecule has 2 rings (SSSR count). The molecular weight excluding hydrogens is 569 g/mol. The summed E-state index contributed by atoms with van der Waals surface area (Å²) >= 11 is 0. The average molecular weight is 625 g/mol. The predicted octanol–water partition coefficient (Wildman–Crippen LogP) is 9.67. The van der Waals surface area contributed by atoms with E-state index in [1.165, 1.54) is 25.7 Å². The molecule has 8 heteroatoms. The Bertz CT molecular complexity index is 1360. The number of nitrogens with zero attached hydrogens (tertiary/aromatic N) is 2. The Morgan fingerprint density at radius 3 is 2.16 bits per heavy atom. The summed E-state index contributed by atoms with van der Waals surface area (Å²) < 4.78 is 36.8. The van der Waals surface area contributed by atoms with Gasteiger partial charge in [0.25, 0.3) is 0 Å². The van der Waals surface area contributed by atoms with E-state index >= 15 is 0 Å². The lowest BCUT2D eigenvalue weighted by Gasteiger charge is -2.35. The van der Waals surface area contributed by atoms with Gasteiger partial charge in [0.2, 0.25) is 0 Å². The average Bonchev–Trinajstić information content (AvgIpc) is 3.36. The fourth-order valence-corrected chi connectivity index (χ4v) is 6.42. The first kappa shape index (κ1) is 37.8. The molecule has 0 saturated carbocycles. The Labute approximate surface area is 268 Å². The van der Waals surface area contributed by atoms with Crippen molar-refractivity contribution >= 4 is 27.0 Å². The van der Waals surface area contributed by atoms with Crippen LogP contribution in [-0.4, -0.2) is 44.2 Å². The van der Waals surface area contributed by atoms with E-state index in [4.69, 9.17) is 9.42 Å². The van der Waals surface area contributed by atoms with Crippen LogP contribution in [0.25, 0.3) is 5.57 Å². The minimum atomic E-state index is -2.71. The molecule has 1 aliphatic rings. The van der Waals surface area contributed by atoms with Crippen LogP contribution in [0.15, 0.2) is 21.8 Å². The number of aliphatic hydroxyl groups is 1. The van der Waals surface area contributed by atoms with E-state index in [0.29, 0.717) is 42.8 Å². The molecule has 0 bridgehead atoms. The molecule has 0 atom stereocenters. The number of hydrogen-bond donors (Lipinski definition) is 1. The van der Waals surface area contributed by atoms with Gasteiger partial charge < -0.3 is 14.0 Å². The molecule has 4 nitrogen and oxygen atoms in total. The summed E-state index contributed by atoms with van der Waals surface area (Å²) in [6.45, 7) is 21.5. The van der Waals surface area contributed by atoms with Gasteiger partial charge in [0.1, 0.15) is 0 Å². The first-order chi connectivity index (χ1) is 20.7. The van der Waals surface area contributed by atoms with Crippen molar-refractivity contribution in [1.82, 2.24) is 4.48 Å². The topological polar surface area (TPSA) is 46.8 Å². The van der Waals surface area contributed by atoms with Crippen molar-refractivity contribution in [3.8, 4) is 23.7 Å². The van der Waals surface area contributed by atoms with Gasteiger partial charge >= 0.3 is 7.40 Å². The third-order valence-corrected chi connectivity index (χ3v) is 13.6. The second kappa shape index (κ2) is 17.3. The van der Waals surface area contributed by atoms with Crippen molar-refractivity contribution in [1.29, 1.82) is 0 Å². The number of aromatic nitrogens is 1. The Kier molecular flexibility index (Phi) is 14.9. The number of rotatable bonds is 14. The quantitative estimate of drug-likeness (QED) is 0.127. The SMILES string of the molecule is CCCCCCCCC/C(=C1/N=C(C)C(C#CCCO[Si](C)(C)C(C)(C)C)=C1C)c1c(C)c(C#CCCO)c(C)n1B(F)F. The van der Waals surface area contributed by atoms with E-state index in [1.807, 2.05) is 20.8 Å². The van der Waals surface area contributed by atoms with Crippen LogP contribution in [0.2, 0.25) is 18.1 Å². The normalized spacial score (nSPS) is 14.7. The molecule has 2 heterocycles. The van der Waals surface area contributed by atoms with E-state index in [1.54, 1.807) is 6.92 Å². The highest BCUT2D eigenvalue weighted by Crippen LogP contribution is 2.39. The predicted molar refractivity (Wildman–Crippen MR) is 187 cm³/mol. The molecule has 0 aliphatic carbocycles. The molecule has 242 valence electrons. The lowest BCUT2D eigenvalue weighted by atomic mass is 9.94. The van der Waals surface area contributed by atoms with E-state index in [-0.39, 0.29) is 11.6 Å². The number of halogens is 2. The van der Waals surface area contributed by atoms with Gasteiger partial charge in [-0.25, -0.2) is 0 Å². The van der Waals surface area contributed by atoms with Gasteiger partial charge in [0.15, 0.2) is 8.32 Å². The van der Waals surface area contributed by atoms with Crippen molar-refractivity contribution < 1.29 is 18.2 Å². The molecule has 0 fully saturated rings. The molecule has 1 aromatic rings. The summed E-state index contributed by atoms with van der Waals surface area (Å²) in [7, 11) is -4.54. The maximum atomic E-state index is 14.7. The molecule has 0 unspecified atom stereocenters. The maximum Gasteiger partial charge on any atom is 0.677 e. The molecule has 0 saturated heterocycles. The van der Waals surface area contributed by atoms with Gasteiger partial charge in [0, 0.05) is 42.0 Å². The van der Waals surface area contributed by atoms with Crippen LogP contribution in [0.3, 0.4) is 0 Å². The first-order valence-corrected chi connectivity index (χ1v) is 19.3. The molecular formula is C36H55BF2N2O2Si. The van der Waals surface area contributed by atoms with Crippen LogP contribution in [0.5, 0.6) is 0 Å². The Hall–Kier alpha value is -2.39. The summed E-state index contributed by atoms with van der Waals surface area (Å²) in [5.41, 5.74) is 6.52. The zero-order chi connectivity index (χ0) is 33.1. The van der Waals surface area contributed by atoms with Crippen LogP contribution in [-0.2, 0) is 4.43 Å². The van der Waals surface area contributed by atoms with Crippen molar-refractivity contribution in [2.45, 2.75) is 138 Å². The molecule has 0 spiro atoms. The molecule has 1 aliphatic heterocycles. The molecule has 0 aromatic carbocycles. The maximum absolute atomic E-state index is 14.7. The summed E-state index contributed by atoms with van der Waals surface area (Å²) in [6, 6.07) is 0. The molecule has 0 radical (unpaired) electrons. The standard InChI is InChI=1S/C36H55BF2N2O2Si/c1-11-12-13-14-15-16-17-24-33(35-28(3)32(23-18-20-25-42)30(5)41(35)37(38)39)34-27(2)31(29(4)40-34)22-19-21-26-43-44(9,10)36(6,7)8/h42H,11-17,20-21,24-26H2,1-10H3/b34-33-. The minimum absolute atomic E-state index is 0.0642. The first-order valence-electron chi connectivity index (χ1n) is 16.4. The highest BCUT2D eigenvalue weighted by atomic mass is 28.4. The third-order valence-electron chi connectivity index (χ3n) is 9.02. The second-order valence-corrected chi connectivity index (χ2v) is 18.2. The summed E-state index contributed by atoms with van der Waals surface area (Å²) in [5, 5.41) is 9.37. The summed E-state index contributed by atoms with van der Waals surface area (Å²) in [4.78, 5) is 4.96. The Balaban J connectivity index is 2.53.